The zero-order valence-corrected chi connectivity index (χ0v) is 20.1. The van der Waals surface area contributed by atoms with Crippen molar-refractivity contribution >= 4 is 23.2 Å². The molecule has 2 aliphatic rings. The van der Waals surface area contributed by atoms with Crippen molar-refractivity contribution in [2.75, 3.05) is 19.6 Å². The van der Waals surface area contributed by atoms with Gasteiger partial charge in [0.15, 0.2) is 0 Å². The zero-order valence-electron chi connectivity index (χ0n) is 19.3. The van der Waals surface area contributed by atoms with Crippen LogP contribution in [0.3, 0.4) is 0 Å². The fraction of sp³-hybridized carbons (Fsp3) is 0.522. The van der Waals surface area contributed by atoms with E-state index in [-0.39, 0.29) is 30.3 Å². The van der Waals surface area contributed by atoms with Crippen LogP contribution in [0.25, 0.3) is 0 Å². The van der Waals surface area contributed by atoms with E-state index in [1.165, 1.54) is 11.3 Å². The Bertz CT molecular complexity index is 1120. The standard InChI is InChI=1S/C23H24F6N4O3S/c24-22(25,26)13-1-2-17(23(27,28)29)16(9-13)19(35)31-10-18(34)32-14-11-33(12-14)15-3-5-21(36,6-4-15)20-30-7-8-37-20/h1-2,7-9,14-15,36H,3-6,10-12H2,(H,31,35)(H,32,34). The molecule has 2 amide bonds. The van der Waals surface area contributed by atoms with Gasteiger partial charge in [-0.1, -0.05) is 0 Å². The average Bonchev–Trinajstić information content (AvgIpc) is 3.35. The number of hydrogen-bond donors (Lipinski definition) is 3. The van der Waals surface area contributed by atoms with E-state index in [4.69, 9.17) is 0 Å². The van der Waals surface area contributed by atoms with Crippen LogP contribution in [0.2, 0.25) is 0 Å². The molecule has 1 aromatic carbocycles. The molecule has 3 N–H and O–H groups in total. The molecule has 2 heterocycles. The van der Waals surface area contributed by atoms with Gasteiger partial charge in [-0.05, 0) is 43.9 Å². The van der Waals surface area contributed by atoms with Crippen molar-refractivity contribution < 1.29 is 41.0 Å². The van der Waals surface area contributed by atoms with E-state index in [2.05, 4.69) is 15.2 Å². The monoisotopic (exact) mass is 550 g/mol. The Balaban J connectivity index is 1.25. The molecule has 0 unspecified atom stereocenters. The first-order valence-corrected chi connectivity index (χ1v) is 12.4. The fourth-order valence-corrected chi connectivity index (χ4v) is 5.50. The summed E-state index contributed by atoms with van der Waals surface area (Å²) in [5.74, 6) is -2.10. The maximum absolute atomic E-state index is 13.2. The van der Waals surface area contributed by atoms with Gasteiger partial charge >= 0.3 is 12.4 Å². The van der Waals surface area contributed by atoms with Crippen LogP contribution in [-0.4, -0.2) is 58.5 Å². The van der Waals surface area contributed by atoms with Crippen LogP contribution in [-0.2, 0) is 22.7 Å². The smallest absolute Gasteiger partial charge is 0.383 e. The minimum absolute atomic E-state index is 0.125. The maximum Gasteiger partial charge on any atom is 0.417 e. The first-order chi connectivity index (χ1) is 17.3. The highest BCUT2D eigenvalue weighted by molar-refractivity contribution is 7.09. The quantitative estimate of drug-likeness (QED) is 0.479. The van der Waals surface area contributed by atoms with Gasteiger partial charge in [0.25, 0.3) is 5.91 Å². The molecule has 202 valence electrons. The summed E-state index contributed by atoms with van der Waals surface area (Å²) in [6, 6.07) is 0.572. The molecule has 0 atom stereocenters. The molecule has 1 aliphatic carbocycles. The third-order valence-corrected chi connectivity index (χ3v) is 7.68. The number of alkyl halides is 6. The number of amides is 2. The summed E-state index contributed by atoms with van der Waals surface area (Å²) in [6.07, 6.45) is -5.69. The average molecular weight is 551 g/mol. The van der Waals surface area contributed by atoms with E-state index in [1.54, 1.807) is 6.20 Å². The third-order valence-electron chi connectivity index (χ3n) is 6.71. The third kappa shape index (κ3) is 6.24. The molecule has 0 radical (unpaired) electrons. The molecule has 1 saturated heterocycles. The molecular formula is C23H24F6N4O3S. The normalized spacial score (nSPS) is 23.4. The van der Waals surface area contributed by atoms with Gasteiger partial charge < -0.3 is 15.7 Å². The summed E-state index contributed by atoms with van der Waals surface area (Å²) in [5, 5.41) is 18.0. The number of halogens is 6. The van der Waals surface area contributed by atoms with Crippen molar-refractivity contribution in [1.82, 2.24) is 20.5 Å². The molecule has 2 fully saturated rings. The number of nitrogens with one attached hydrogen (secondary N) is 2. The second-order valence-corrected chi connectivity index (χ2v) is 10.2. The number of aliphatic hydroxyl groups is 1. The molecule has 0 spiro atoms. The number of benzene rings is 1. The van der Waals surface area contributed by atoms with Crippen LogP contribution >= 0.6 is 11.3 Å². The van der Waals surface area contributed by atoms with Crippen molar-refractivity contribution in [3.05, 3.63) is 51.5 Å². The Morgan fingerprint density at radius 3 is 2.35 bits per heavy atom. The van der Waals surface area contributed by atoms with Crippen molar-refractivity contribution in [1.29, 1.82) is 0 Å². The molecular weight excluding hydrogens is 526 g/mol. The van der Waals surface area contributed by atoms with Gasteiger partial charge in [0.2, 0.25) is 5.91 Å². The van der Waals surface area contributed by atoms with E-state index < -0.39 is 53.0 Å². The van der Waals surface area contributed by atoms with Crippen LogP contribution in [0, 0.1) is 0 Å². The zero-order chi connectivity index (χ0) is 27.0. The number of thiazole rings is 1. The lowest BCUT2D eigenvalue weighted by Gasteiger charge is -2.47. The maximum atomic E-state index is 13.2. The predicted molar refractivity (Wildman–Crippen MR) is 121 cm³/mol. The molecule has 0 bridgehead atoms. The van der Waals surface area contributed by atoms with Gasteiger partial charge in [0.1, 0.15) is 10.6 Å². The van der Waals surface area contributed by atoms with Gasteiger partial charge in [-0.2, -0.15) is 26.3 Å². The SMILES string of the molecule is O=C(CNC(=O)c1cc(C(F)(F)F)ccc1C(F)(F)F)NC1CN(C2CCC(O)(c3nccs3)CC2)C1. The number of hydrogen-bond acceptors (Lipinski definition) is 6. The Kier molecular flexibility index (Phi) is 7.55. The predicted octanol–water partition coefficient (Wildman–Crippen LogP) is 3.54. The van der Waals surface area contributed by atoms with E-state index >= 15 is 0 Å². The largest absolute Gasteiger partial charge is 0.417 e. The highest BCUT2D eigenvalue weighted by Crippen LogP contribution is 2.40. The summed E-state index contributed by atoms with van der Waals surface area (Å²) in [5.41, 5.74) is -5.06. The first-order valence-electron chi connectivity index (χ1n) is 11.5. The van der Waals surface area contributed by atoms with Crippen LogP contribution < -0.4 is 10.6 Å². The second kappa shape index (κ2) is 10.2. The number of aromatic nitrogens is 1. The van der Waals surface area contributed by atoms with Crippen molar-refractivity contribution in [3.63, 3.8) is 0 Å². The molecule has 1 aliphatic heterocycles. The number of carbonyl (C=O) groups is 2. The molecule has 37 heavy (non-hydrogen) atoms. The highest BCUT2D eigenvalue weighted by atomic mass is 32.1. The number of nitrogens with zero attached hydrogens (tertiary/aromatic N) is 2. The van der Waals surface area contributed by atoms with Crippen molar-refractivity contribution in [2.24, 2.45) is 0 Å². The minimum Gasteiger partial charge on any atom is -0.383 e. The number of rotatable bonds is 6. The Morgan fingerprint density at radius 1 is 1.11 bits per heavy atom. The lowest BCUT2D eigenvalue weighted by Crippen LogP contribution is -2.63. The van der Waals surface area contributed by atoms with Crippen LogP contribution in [0.4, 0.5) is 26.3 Å². The highest BCUT2D eigenvalue weighted by Gasteiger charge is 2.42. The summed E-state index contributed by atoms with van der Waals surface area (Å²) < 4.78 is 78.4. The lowest BCUT2D eigenvalue weighted by atomic mass is 9.81. The van der Waals surface area contributed by atoms with Crippen LogP contribution in [0.5, 0.6) is 0 Å². The van der Waals surface area contributed by atoms with Gasteiger partial charge in [-0.25, -0.2) is 4.98 Å². The Morgan fingerprint density at radius 2 is 1.78 bits per heavy atom. The lowest BCUT2D eigenvalue weighted by molar-refractivity contribution is -0.141. The molecule has 4 rings (SSSR count). The Labute approximate surface area is 211 Å². The molecule has 14 heteroatoms. The topological polar surface area (TPSA) is 94.6 Å². The van der Waals surface area contributed by atoms with Crippen molar-refractivity contribution in [2.45, 2.75) is 55.7 Å². The summed E-state index contributed by atoms with van der Waals surface area (Å²) in [7, 11) is 0. The van der Waals surface area contributed by atoms with Crippen LogP contribution in [0.15, 0.2) is 29.8 Å². The van der Waals surface area contributed by atoms with Crippen molar-refractivity contribution in [3.8, 4) is 0 Å². The van der Waals surface area contributed by atoms with Crippen LogP contribution in [0.1, 0.15) is 52.2 Å². The van der Waals surface area contributed by atoms with Gasteiger partial charge in [-0.15, -0.1) is 11.3 Å². The van der Waals surface area contributed by atoms with E-state index in [0.29, 0.717) is 30.9 Å². The van der Waals surface area contributed by atoms with Gasteiger partial charge in [-0.3, -0.25) is 14.5 Å². The number of carbonyl (C=O) groups excluding carboxylic acids is 2. The minimum atomic E-state index is -5.05. The molecule has 2 aromatic rings. The summed E-state index contributed by atoms with van der Waals surface area (Å²) in [6.45, 7) is 0.380. The molecule has 1 saturated carbocycles. The Hall–Kier alpha value is -2.71. The summed E-state index contributed by atoms with van der Waals surface area (Å²) >= 11 is 1.42. The van der Waals surface area contributed by atoms with E-state index in [1.807, 2.05) is 10.7 Å². The summed E-state index contributed by atoms with van der Waals surface area (Å²) in [4.78, 5) is 30.8. The number of likely N-dealkylation sites (tertiary alicyclic amines) is 1. The molecule has 7 nitrogen and oxygen atoms in total. The van der Waals surface area contributed by atoms with E-state index in [9.17, 15) is 41.0 Å². The van der Waals surface area contributed by atoms with Gasteiger partial charge in [0.05, 0.1) is 29.3 Å². The van der Waals surface area contributed by atoms with Gasteiger partial charge in [0, 0.05) is 30.7 Å². The van der Waals surface area contributed by atoms with E-state index in [0.717, 1.165) is 12.8 Å². The first kappa shape index (κ1) is 27.3. The second-order valence-electron chi connectivity index (χ2n) is 9.26. The molecule has 1 aromatic heterocycles. The fourth-order valence-electron chi connectivity index (χ4n) is 4.70.